The van der Waals surface area contributed by atoms with E-state index in [0.717, 1.165) is 5.56 Å². The Morgan fingerprint density at radius 1 is 1.45 bits per heavy atom. The standard InChI is InChI=1S/C13H12N4O3/c18-12-6-8-1-2-9(5-10(8)16-12)13(19)14-4-3-11-15-7-20-17-11/h1-2,5,7H,3-4,6H2,(H,14,19)(H,16,18). The second-order valence-corrected chi connectivity index (χ2v) is 4.45. The van der Waals surface area contributed by atoms with Crippen LogP contribution in [0.5, 0.6) is 0 Å². The molecule has 7 nitrogen and oxygen atoms in total. The number of anilines is 1. The van der Waals surface area contributed by atoms with Crippen molar-refractivity contribution in [1.29, 1.82) is 0 Å². The van der Waals surface area contributed by atoms with Crippen LogP contribution in [0.3, 0.4) is 0 Å². The van der Waals surface area contributed by atoms with Crippen molar-refractivity contribution in [2.75, 3.05) is 11.9 Å². The molecule has 20 heavy (non-hydrogen) atoms. The van der Waals surface area contributed by atoms with E-state index in [0.29, 0.717) is 36.5 Å². The quantitative estimate of drug-likeness (QED) is 0.846. The van der Waals surface area contributed by atoms with Gasteiger partial charge < -0.3 is 15.2 Å². The minimum Gasteiger partial charge on any atom is -0.352 e. The number of fused-ring (bicyclic) bond motifs is 1. The van der Waals surface area contributed by atoms with Gasteiger partial charge in [-0.1, -0.05) is 11.2 Å². The van der Waals surface area contributed by atoms with Crippen molar-refractivity contribution in [3.8, 4) is 0 Å². The van der Waals surface area contributed by atoms with Gasteiger partial charge in [-0.15, -0.1) is 0 Å². The highest BCUT2D eigenvalue weighted by molar-refractivity contribution is 6.02. The third-order valence-corrected chi connectivity index (χ3v) is 3.04. The van der Waals surface area contributed by atoms with Crippen LogP contribution in [0.1, 0.15) is 21.7 Å². The molecule has 0 aliphatic carbocycles. The number of nitrogens with one attached hydrogen (secondary N) is 2. The maximum atomic E-state index is 12.0. The molecule has 0 saturated carbocycles. The summed E-state index contributed by atoms with van der Waals surface area (Å²) in [5, 5.41) is 9.14. The first-order valence-corrected chi connectivity index (χ1v) is 6.18. The fourth-order valence-corrected chi connectivity index (χ4v) is 2.05. The normalized spacial score (nSPS) is 12.9. The zero-order valence-electron chi connectivity index (χ0n) is 10.5. The van der Waals surface area contributed by atoms with E-state index in [-0.39, 0.29) is 11.8 Å². The molecule has 1 aromatic heterocycles. The van der Waals surface area contributed by atoms with Gasteiger partial charge in [0.05, 0.1) is 6.42 Å². The van der Waals surface area contributed by atoms with Crippen LogP contribution < -0.4 is 10.6 Å². The molecule has 1 aliphatic rings. The smallest absolute Gasteiger partial charge is 0.251 e. The molecule has 0 bridgehead atoms. The third kappa shape index (κ3) is 2.51. The van der Waals surface area contributed by atoms with Gasteiger partial charge in [0.1, 0.15) is 0 Å². The first-order valence-electron chi connectivity index (χ1n) is 6.18. The van der Waals surface area contributed by atoms with Gasteiger partial charge in [0, 0.05) is 24.2 Å². The molecule has 0 atom stereocenters. The summed E-state index contributed by atoms with van der Waals surface area (Å²) in [7, 11) is 0. The molecule has 7 heteroatoms. The molecule has 2 amide bonds. The number of benzene rings is 1. The van der Waals surface area contributed by atoms with Crippen LogP contribution in [0.15, 0.2) is 29.1 Å². The number of hydrogen-bond donors (Lipinski definition) is 2. The Labute approximate surface area is 114 Å². The first kappa shape index (κ1) is 12.3. The first-order chi connectivity index (χ1) is 9.72. The summed E-state index contributed by atoms with van der Waals surface area (Å²) < 4.78 is 4.60. The van der Waals surface area contributed by atoms with Crippen LogP contribution in [0.4, 0.5) is 5.69 Å². The van der Waals surface area contributed by atoms with Gasteiger partial charge in [-0.25, -0.2) is 0 Å². The highest BCUT2D eigenvalue weighted by Gasteiger charge is 2.18. The maximum Gasteiger partial charge on any atom is 0.251 e. The van der Waals surface area contributed by atoms with Crippen LogP contribution in [0, 0.1) is 0 Å². The van der Waals surface area contributed by atoms with Crippen LogP contribution in [0.25, 0.3) is 0 Å². The molecule has 0 radical (unpaired) electrons. The molecule has 0 spiro atoms. The fourth-order valence-electron chi connectivity index (χ4n) is 2.05. The van der Waals surface area contributed by atoms with Crippen LogP contribution >= 0.6 is 0 Å². The summed E-state index contributed by atoms with van der Waals surface area (Å²) in [5.74, 6) is 0.304. The van der Waals surface area contributed by atoms with Crippen LogP contribution in [-0.2, 0) is 17.6 Å². The molecule has 0 unspecified atom stereocenters. The van der Waals surface area contributed by atoms with Crippen LogP contribution in [0.2, 0.25) is 0 Å². The lowest BCUT2D eigenvalue weighted by atomic mass is 10.1. The van der Waals surface area contributed by atoms with Crippen molar-refractivity contribution in [3.05, 3.63) is 41.5 Å². The van der Waals surface area contributed by atoms with Gasteiger partial charge in [0.15, 0.2) is 5.82 Å². The second-order valence-electron chi connectivity index (χ2n) is 4.45. The molecule has 3 rings (SSSR count). The van der Waals surface area contributed by atoms with Gasteiger partial charge in [-0.2, -0.15) is 4.98 Å². The predicted molar refractivity (Wildman–Crippen MR) is 69.1 cm³/mol. The van der Waals surface area contributed by atoms with E-state index in [2.05, 4.69) is 25.3 Å². The van der Waals surface area contributed by atoms with Crippen molar-refractivity contribution < 1.29 is 14.1 Å². The Morgan fingerprint density at radius 2 is 2.35 bits per heavy atom. The Hall–Kier alpha value is -2.70. The number of amides is 2. The summed E-state index contributed by atoms with van der Waals surface area (Å²) >= 11 is 0. The Kier molecular flexibility index (Phi) is 3.16. The number of aromatic nitrogens is 2. The zero-order valence-corrected chi connectivity index (χ0v) is 10.5. The Bertz CT molecular complexity index is 652. The number of carbonyl (C=O) groups is 2. The molecule has 2 heterocycles. The number of hydrogen-bond acceptors (Lipinski definition) is 5. The van der Waals surface area contributed by atoms with Crippen molar-refractivity contribution in [3.63, 3.8) is 0 Å². The molecular weight excluding hydrogens is 260 g/mol. The maximum absolute atomic E-state index is 12.0. The van der Waals surface area contributed by atoms with Gasteiger partial charge in [-0.05, 0) is 17.7 Å². The average molecular weight is 272 g/mol. The Balaban J connectivity index is 1.60. The van der Waals surface area contributed by atoms with Crippen molar-refractivity contribution in [2.45, 2.75) is 12.8 Å². The van der Waals surface area contributed by atoms with E-state index in [4.69, 9.17) is 0 Å². The van der Waals surface area contributed by atoms with Gasteiger partial charge in [-0.3, -0.25) is 9.59 Å². The highest BCUT2D eigenvalue weighted by Crippen LogP contribution is 2.23. The lowest BCUT2D eigenvalue weighted by Gasteiger charge is -2.05. The van der Waals surface area contributed by atoms with Gasteiger partial charge in [0.2, 0.25) is 12.3 Å². The molecule has 1 aliphatic heterocycles. The summed E-state index contributed by atoms with van der Waals surface area (Å²) in [5.41, 5.74) is 2.14. The van der Waals surface area contributed by atoms with Gasteiger partial charge in [0.25, 0.3) is 5.91 Å². The highest BCUT2D eigenvalue weighted by atomic mass is 16.5. The largest absolute Gasteiger partial charge is 0.352 e. The van der Waals surface area contributed by atoms with E-state index in [1.54, 1.807) is 18.2 Å². The number of carbonyl (C=O) groups excluding carboxylic acids is 2. The predicted octanol–water partition coefficient (Wildman–Crippen LogP) is 0.537. The topological polar surface area (TPSA) is 97.1 Å². The summed E-state index contributed by atoms with van der Waals surface area (Å²) in [6.45, 7) is 0.418. The summed E-state index contributed by atoms with van der Waals surface area (Å²) in [4.78, 5) is 27.1. The van der Waals surface area contributed by atoms with Crippen molar-refractivity contribution in [2.24, 2.45) is 0 Å². The van der Waals surface area contributed by atoms with E-state index >= 15 is 0 Å². The minimum atomic E-state index is -0.197. The van der Waals surface area contributed by atoms with Crippen molar-refractivity contribution >= 4 is 17.5 Å². The Morgan fingerprint density at radius 3 is 3.15 bits per heavy atom. The molecule has 2 N–H and O–H groups in total. The lowest BCUT2D eigenvalue weighted by Crippen LogP contribution is -2.26. The summed E-state index contributed by atoms with van der Waals surface area (Å²) in [6.07, 6.45) is 2.12. The number of rotatable bonds is 4. The molecular formula is C13H12N4O3. The third-order valence-electron chi connectivity index (χ3n) is 3.04. The van der Waals surface area contributed by atoms with E-state index < -0.39 is 0 Å². The SMILES string of the molecule is O=C1Cc2ccc(C(=O)NCCc3ncon3)cc2N1. The minimum absolute atomic E-state index is 0.0466. The molecule has 1 aromatic carbocycles. The van der Waals surface area contributed by atoms with E-state index in [1.807, 2.05) is 0 Å². The monoisotopic (exact) mass is 272 g/mol. The van der Waals surface area contributed by atoms with Crippen molar-refractivity contribution in [1.82, 2.24) is 15.5 Å². The molecule has 0 fully saturated rings. The molecule has 0 saturated heterocycles. The fraction of sp³-hybridized carbons (Fsp3) is 0.231. The van der Waals surface area contributed by atoms with E-state index in [9.17, 15) is 9.59 Å². The van der Waals surface area contributed by atoms with Crippen LogP contribution in [-0.4, -0.2) is 28.5 Å². The molecule has 2 aromatic rings. The summed E-state index contributed by atoms with van der Waals surface area (Å²) in [6, 6.07) is 5.19. The van der Waals surface area contributed by atoms with Gasteiger partial charge >= 0.3 is 0 Å². The second kappa shape index (κ2) is 5.12. The average Bonchev–Trinajstić information content (AvgIpc) is 3.05. The number of nitrogens with zero attached hydrogens (tertiary/aromatic N) is 2. The van der Waals surface area contributed by atoms with E-state index in [1.165, 1.54) is 6.39 Å². The zero-order chi connectivity index (χ0) is 13.9. The lowest BCUT2D eigenvalue weighted by molar-refractivity contribution is -0.115. The molecule has 102 valence electrons.